The topological polar surface area (TPSA) is 80.6 Å². The average molecular weight is 229 g/mol. The third kappa shape index (κ3) is 5.64. The van der Waals surface area contributed by atoms with Crippen molar-refractivity contribution in [1.82, 2.24) is 0 Å². The minimum absolute atomic E-state index is 0. The van der Waals surface area contributed by atoms with Gasteiger partial charge in [-0.25, -0.2) is 16.7 Å². The van der Waals surface area contributed by atoms with E-state index < -0.39 is 5.97 Å². The second kappa shape index (κ2) is 8.95. The van der Waals surface area contributed by atoms with Gasteiger partial charge in [-0.3, -0.25) is 0 Å². The molecule has 0 unspecified atom stereocenters. The van der Waals surface area contributed by atoms with Gasteiger partial charge in [0.2, 0.25) is 0 Å². The molecule has 0 aromatic heterocycles. The van der Waals surface area contributed by atoms with E-state index in [0.29, 0.717) is 0 Å². The number of hydrogen-bond donors (Lipinski definition) is 2. The molecule has 0 aliphatic heterocycles. The molecule has 0 heterocycles. The second-order valence-electron chi connectivity index (χ2n) is 1.82. The minimum atomic E-state index is -1.11. The van der Waals surface area contributed by atoms with Crippen LogP contribution in [-0.4, -0.2) is 16.2 Å². The van der Waals surface area contributed by atoms with Crippen molar-refractivity contribution in [2.45, 2.75) is 0 Å². The van der Waals surface area contributed by atoms with E-state index in [1.807, 2.05) is 0 Å². The standard InChI is InChI=1S/C7H6O3.ClO.K/c8-6-4-2-1-3-5(6)7(9)10;1-2;/h1-4,8H,(H,9,10);;/q;-1;+1. The Morgan fingerprint density at radius 2 is 1.77 bits per heavy atom. The van der Waals surface area contributed by atoms with Crippen LogP contribution >= 0.6 is 11.9 Å². The van der Waals surface area contributed by atoms with E-state index in [-0.39, 0.29) is 62.7 Å². The molecule has 1 rings (SSSR count). The number of carbonyl (C=O) groups is 1. The molecule has 0 saturated carbocycles. The summed E-state index contributed by atoms with van der Waals surface area (Å²) in [5.41, 5.74) is -0.0671. The summed E-state index contributed by atoms with van der Waals surface area (Å²) < 4.78 is 7.72. The molecule has 1 aromatic carbocycles. The van der Waals surface area contributed by atoms with Crippen LogP contribution in [-0.2, 0) is 0 Å². The van der Waals surface area contributed by atoms with Crippen molar-refractivity contribution in [3.8, 4) is 5.75 Å². The molecule has 0 fully saturated rings. The van der Waals surface area contributed by atoms with Crippen LogP contribution in [0.4, 0.5) is 0 Å². The second-order valence-corrected chi connectivity index (χ2v) is 1.82. The fourth-order valence-electron chi connectivity index (χ4n) is 0.654. The van der Waals surface area contributed by atoms with Crippen LogP contribution in [0.15, 0.2) is 24.3 Å². The maximum Gasteiger partial charge on any atom is 1.00 e. The Bertz CT molecular complexity index is 266. The first-order valence-electron chi connectivity index (χ1n) is 2.88. The van der Waals surface area contributed by atoms with E-state index in [4.69, 9.17) is 14.9 Å². The molecule has 13 heavy (non-hydrogen) atoms. The van der Waals surface area contributed by atoms with Crippen molar-refractivity contribution in [3.05, 3.63) is 29.8 Å². The number of rotatable bonds is 1. The number of benzene rings is 1. The summed E-state index contributed by atoms with van der Waals surface area (Å²) in [5.74, 6) is -1.31. The maximum absolute atomic E-state index is 10.3. The fourth-order valence-corrected chi connectivity index (χ4v) is 0.654. The number of aromatic carboxylic acids is 1. The quantitative estimate of drug-likeness (QED) is 0.525. The predicted octanol–water partition coefficient (Wildman–Crippen LogP) is -2.41. The number of hydrogen-bond acceptors (Lipinski definition) is 3. The summed E-state index contributed by atoms with van der Waals surface area (Å²) in [5, 5.41) is 17.3. The van der Waals surface area contributed by atoms with E-state index in [1.54, 1.807) is 12.1 Å². The van der Waals surface area contributed by atoms with Gasteiger partial charge in [0.1, 0.15) is 11.3 Å². The fraction of sp³-hybridized carbons (Fsp3) is 0. The van der Waals surface area contributed by atoms with Crippen LogP contribution in [0.25, 0.3) is 0 Å². The molecule has 2 N–H and O–H groups in total. The van der Waals surface area contributed by atoms with Crippen molar-refractivity contribution in [2.75, 3.05) is 0 Å². The van der Waals surface area contributed by atoms with Gasteiger partial charge in [-0.05, 0) is 12.1 Å². The van der Waals surface area contributed by atoms with Crippen LogP contribution in [0, 0.1) is 0 Å². The van der Waals surface area contributed by atoms with Crippen molar-refractivity contribution in [1.29, 1.82) is 0 Å². The zero-order valence-electron chi connectivity index (χ0n) is 6.90. The Morgan fingerprint density at radius 3 is 2.08 bits per heavy atom. The number of phenols is 1. The van der Waals surface area contributed by atoms with Crippen molar-refractivity contribution >= 4 is 17.8 Å². The number of halogens is 1. The van der Waals surface area contributed by atoms with Gasteiger partial charge in [0.05, 0.1) is 0 Å². The molecule has 0 spiro atoms. The van der Waals surface area contributed by atoms with Crippen LogP contribution in [0.1, 0.15) is 10.4 Å². The smallest absolute Gasteiger partial charge is 0.769 e. The molecule has 66 valence electrons. The molecule has 0 aliphatic rings. The Labute approximate surface area is 123 Å². The third-order valence-corrected chi connectivity index (χ3v) is 1.13. The van der Waals surface area contributed by atoms with Crippen molar-refractivity contribution in [2.24, 2.45) is 0 Å². The summed E-state index contributed by atoms with van der Waals surface area (Å²) >= 11 is 3.39. The monoisotopic (exact) mass is 228 g/mol. The molecule has 0 aliphatic carbocycles. The molecule has 0 bridgehead atoms. The van der Waals surface area contributed by atoms with Gasteiger partial charge in [-0.2, -0.15) is 0 Å². The van der Waals surface area contributed by atoms with Crippen molar-refractivity contribution in [3.63, 3.8) is 0 Å². The average Bonchev–Trinajstić information content (AvgIpc) is 2.08. The molecule has 1 aromatic rings. The van der Waals surface area contributed by atoms with Gasteiger partial charge in [0.15, 0.2) is 0 Å². The van der Waals surface area contributed by atoms with E-state index in [0.717, 1.165) is 0 Å². The normalized spacial score (nSPS) is 7.54. The zero-order chi connectivity index (χ0) is 9.56. The summed E-state index contributed by atoms with van der Waals surface area (Å²) in [7, 11) is 0. The summed E-state index contributed by atoms with van der Waals surface area (Å²) in [6, 6.07) is 5.81. The van der Waals surface area contributed by atoms with E-state index >= 15 is 0 Å². The predicted molar refractivity (Wildman–Crippen MR) is 40.9 cm³/mol. The van der Waals surface area contributed by atoms with Crippen molar-refractivity contribution < 1.29 is 71.1 Å². The molecular weight excluding hydrogens is 223 g/mol. The van der Waals surface area contributed by atoms with E-state index in [9.17, 15) is 4.79 Å². The molecular formula is C7H6ClKO4. The first kappa shape index (κ1) is 15.8. The first-order valence-corrected chi connectivity index (χ1v) is 3.19. The Balaban J connectivity index is 0. The first-order chi connectivity index (χ1) is 5.72. The molecule has 0 amide bonds. The molecule has 0 radical (unpaired) electrons. The van der Waals surface area contributed by atoms with E-state index in [2.05, 4.69) is 11.9 Å². The van der Waals surface area contributed by atoms with Crippen LogP contribution in [0.3, 0.4) is 0 Å². The van der Waals surface area contributed by atoms with Gasteiger partial charge in [-0.15, -0.1) is 0 Å². The van der Waals surface area contributed by atoms with Gasteiger partial charge >= 0.3 is 57.4 Å². The summed E-state index contributed by atoms with van der Waals surface area (Å²) in [6.45, 7) is 0. The Morgan fingerprint density at radius 1 is 1.31 bits per heavy atom. The Hall–Kier alpha value is 0.376. The van der Waals surface area contributed by atoms with Crippen LogP contribution in [0.2, 0.25) is 0 Å². The number of carboxylic acid groups (broad SMARTS) is 1. The van der Waals surface area contributed by atoms with Crippen LogP contribution in [0.5, 0.6) is 5.75 Å². The summed E-state index contributed by atoms with van der Waals surface area (Å²) in [4.78, 5) is 10.3. The Kier molecular flexibility index (Phi) is 10.9. The van der Waals surface area contributed by atoms with Crippen LogP contribution < -0.4 is 56.0 Å². The maximum atomic E-state index is 10.3. The summed E-state index contributed by atoms with van der Waals surface area (Å²) in [6.07, 6.45) is 0. The zero-order valence-corrected chi connectivity index (χ0v) is 10.8. The SMILES string of the molecule is O=C(O)c1ccccc1O.[K+].[O-]Cl. The van der Waals surface area contributed by atoms with Gasteiger partial charge < -0.3 is 14.9 Å². The van der Waals surface area contributed by atoms with Gasteiger partial charge in [-0.1, -0.05) is 12.1 Å². The molecule has 0 saturated heterocycles. The van der Waals surface area contributed by atoms with Gasteiger partial charge in [0.25, 0.3) is 0 Å². The molecule has 4 nitrogen and oxygen atoms in total. The van der Waals surface area contributed by atoms with E-state index in [1.165, 1.54) is 12.1 Å². The third-order valence-electron chi connectivity index (χ3n) is 1.13. The number of aromatic hydroxyl groups is 1. The largest absolute Gasteiger partial charge is 1.00 e. The number of carboxylic acids is 1. The molecule has 0 atom stereocenters. The van der Waals surface area contributed by atoms with Gasteiger partial charge in [0, 0.05) is 0 Å². The molecule has 6 heteroatoms. The number of para-hydroxylation sites is 1. The minimum Gasteiger partial charge on any atom is -0.769 e.